The summed E-state index contributed by atoms with van der Waals surface area (Å²) in [7, 11) is 1.47. The first-order valence-electron chi connectivity index (χ1n) is 8.77. The molecule has 0 saturated carbocycles. The molecular weight excluding hydrogens is 454 g/mol. The highest BCUT2D eigenvalue weighted by Crippen LogP contribution is 2.32. The summed E-state index contributed by atoms with van der Waals surface area (Å²) in [5, 5.41) is 25.1. The van der Waals surface area contributed by atoms with Crippen molar-refractivity contribution < 1.29 is 14.5 Å². The van der Waals surface area contributed by atoms with E-state index in [1.165, 1.54) is 13.3 Å². The van der Waals surface area contributed by atoms with Gasteiger partial charge in [0.25, 0.3) is 0 Å². The molecule has 0 saturated heterocycles. The second kappa shape index (κ2) is 8.74. The van der Waals surface area contributed by atoms with E-state index in [1.807, 2.05) is 30.3 Å². The molecule has 0 bridgehead atoms. The zero-order chi connectivity index (χ0) is 20.9. The predicted molar refractivity (Wildman–Crippen MR) is 115 cm³/mol. The Hall–Kier alpha value is -3.73. The number of fused-ring (bicyclic) bond motifs is 1. The molecule has 2 aromatic heterocycles. The van der Waals surface area contributed by atoms with E-state index >= 15 is 0 Å². The molecule has 11 heteroatoms. The van der Waals surface area contributed by atoms with Crippen LogP contribution in [-0.4, -0.2) is 38.7 Å². The van der Waals surface area contributed by atoms with Crippen LogP contribution in [0.3, 0.4) is 0 Å². The number of phenolic OH excluding ortho intramolecular Hbond substituents is 1. The van der Waals surface area contributed by atoms with Crippen LogP contribution in [-0.2, 0) is 6.54 Å². The first-order valence-corrected chi connectivity index (χ1v) is 9.57. The van der Waals surface area contributed by atoms with Gasteiger partial charge in [-0.1, -0.05) is 46.3 Å². The highest BCUT2D eigenvalue weighted by molar-refractivity contribution is 9.10. The molecule has 3 N–H and O–H groups in total. The molecule has 4 rings (SSSR count). The van der Waals surface area contributed by atoms with Gasteiger partial charge in [0.1, 0.15) is 0 Å². The molecule has 10 nitrogen and oxygen atoms in total. The van der Waals surface area contributed by atoms with E-state index in [9.17, 15) is 5.11 Å². The number of nitrogens with zero attached hydrogens (tertiary/aromatic N) is 5. The van der Waals surface area contributed by atoms with E-state index in [0.29, 0.717) is 29.5 Å². The maximum atomic E-state index is 10.3. The maximum absolute atomic E-state index is 10.3. The van der Waals surface area contributed by atoms with Gasteiger partial charge in [-0.15, -0.1) is 0 Å². The lowest BCUT2D eigenvalue weighted by atomic mass is 10.2. The van der Waals surface area contributed by atoms with Crippen molar-refractivity contribution in [2.24, 2.45) is 5.10 Å². The van der Waals surface area contributed by atoms with Crippen molar-refractivity contribution in [1.82, 2.24) is 20.3 Å². The van der Waals surface area contributed by atoms with Gasteiger partial charge >= 0.3 is 0 Å². The van der Waals surface area contributed by atoms with E-state index in [0.717, 1.165) is 10.0 Å². The van der Waals surface area contributed by atoms with Crippen LogP contribution < -0.4 is 15.5 Å². The van der Waals surface area contributed by atoms with Crippen LogP contribution in [0.1, 0.15) is 11.1 Å². The Morgan fingerprint density at radius 2 is 1.87 bits per heavy atom. The molecule has 0 amide bonds. The van der Waals surface area contributed by atoms with Crippen LogP contribution in [0, 0.1) is 0 Å². The number of anilines is 2. The van der Waals surface area contributed by atoms with Gasteiger partial charge in [0.2, 0.25) is 11.3 Å². The Morgan fingerprint density at radius 3 is 2.60 bits per heavy atom. The minimum atomic E-state index is -0.0316. The standard InChI is InChI=1S/C19H16BrN7O3/c1-29-14-8-13(20)7-12(15(14)28)10-22-25-17-16(21-9-11-5-3-2-4-6-11)23-18-19(24-17)27-30-26-18/h2-8,10,28H,9H2,1H3,(H,21,23,26)(H,24,25,27). The van der Waals surface area contributed by atoms with Gasteiger partial charge in [0.15, 0.2) is 23.1 Å². The molecule has 0 atom stereocenters. The summed E-state index contributed by atoms with van der Waals surface area (Å²) >= 11 is 3.37. The first-order chi connectivity index (χ1) is 14.6. The van der Waals surface area contributed by atoms with E-state index in [1.54, 1.807) is 12.1 Å². The number of ether oxygens (including phenoxy) is 1. The minimum absolute atomic E-state index is 0.0316. The third-order valence-electron chi connectivity index (χ3n) is 4.08. The fourth-order valence-corrected chi connectivity index (χ4v) is 3.09. The Labute approximate surface area is 179 Å². The first kappa shape index (κ1) is 19.6. The summed E-state index contributed by atoms with van der Waals surface area (Å²) < 4.78 is 10.6. The molecule has 0 unspecified atom stereocenters. The number of aromatic nitrogens is 4. The van der Waals surface area contributed by atoms with Gasteiger partial charge in [-0.25, -0.2) is 9.61 Å². The van der Waals surface area contributed by atoms with Crippen molar-refractivity contribution in [1.29, 1.82) is 0 Å². The Balaban J connectivity index is 1.58. The summed E-state index contributed by atoms with van der Waals surface area (Å²) in [4.78, 5) is 8.72. The van der Waals surface area contributed by atoms with E-state index in [-0.39, 0.29) is 17.0 Å². The van der Waals surface area contributed by atoms with Gasteiger partial charge in [0, 0.05) is 16.6 Å². The normalized spacial score (nSPS) is 11.1. The van der Waals surface area contributed by atoms with Crippen LogP contribution in [0.2, 0.25) is 0 Å². The van der Waals surface area contributed by atoms with Crippen molar-refractivity contribution >= 4 is 45.1 Å². The lowest BCUT2D eigenvalue weighted by molar-refractivity contribution is 0.314. The van der Waals surface area contributed by atoms with Crippen LogP contribution in [0.4, 0.5) is 11.6 Å². The third-order valence-corrected chi connectivity index (χ3v) is 4.54. The van der Waals surface area contributed by atoms with Gasteiger partial charge < -0.3 is 15.2 Å². The highest BCUT2D eigenvalue weighted by Gasteiger charge is 2.13. The molecule has 0 radical (unpaired) electrons. The molecule has 2 aromatic carbocycles. The maximum Gasteiger partial charge on any atom is 0.245 e. The van der Waals surface area contributed by atoms with Gasteiger partial charge in [0.05, 0.1) is 13.3 Å². The van der Waals surface area contributed by atoms with E-state index in [4.69, 9.17) is 9.37 Å². The lowest BCUT2D eigenvalue weighted by Crippen LogP contribution is -2.07. The molecule has 30 heavy (non-hydrogen) atoms. The fourth-order valence-electron chi connectivity index (χ4n) is 2.63. The molecule has 0 fully saturated rings. The Bertz CT molecular complexity index is 1200. The molecule has 0 aliphatic heterocycles. The number of nitrogens with one attached hydrogen (secondary N) is 2. The zero-order valence-electron chi connectivity index (χ0n) is 15.7. The molecule has 0 aliphatic carbocycles. The largest absolute Gasteiger partial charge is 0.504 e. The number of hydrazone groups is 1. The number of benzene rings is 2. The zero-order valence-corrected chi connectivity index (χ0v) is 17.3. The number of aromatic hydroxyl groups is 1. The van der Waals surface area contributed by atoms with Crippen molar-refractivity contribution in [3.05, 3.63) is 58.1 Å². The molecule has 0 aliphatic rings. The van der Waals surface area contributed by atoms with Crippen molar-refractivity contribution in [2.75, 3.05) is 17.9 Å². The van der Waals surface area contributed by atoms with Gasteiger partial charge in [-0.3, -0.25) is 5.43 Å². The quantitative estimate of drug-likeness (QED) is 0.274. The molecule has 152 valence electrons. The summed E-state index contributed by atoms with van der Waals surface area (Å²) in [6.45, 7) is 0.522. The predicted octanol–water partition coefficient (Wildman–Crippen LogP) is 3.55. The van der Waals surface area contributed by atoms with Crippen molar-refractivity contribution in [3.8, 4) is 11.5 Å². The van der Waals surface area contributed by atoms with Crippen LogP contribution >= 0.6 is 15.9 Å². The van der Waals surface area contributed by atoms with Crippen molar-refractivity contribution in [2.45, 2.75) is 6.54 Å². The second-order valence-electron chi connectivity index (χ2n) is 6.09. The Kier molecular flexibility index (Phi) is 5.70. The average Bonchev–Trinajstić information content (AvgIpc) is 3.22. The smallest absolute Gasteiger partial charge is 0.245 e. The number of phenols is 1. The summed E-state index contributed by atoms with van der Waals surface area (Å²) in [6, 6.07) is 13.2. The Morgan fingerprint density at radius 1 is 1.13 bits per heavy atom. The lowest BCUT2D eigenvalue weighted by Gasteiger charge is -2.10. The number of hydrogen-bond acceptors (Lipinski definition) is 10. The number of halogens is 1. The van der Waals surface area contributed by atoms with Gasteiger partial charge in [-0.05, 0) is 28.0 Å². The van der Waals surface area contributed by atoms with Crippen molar-refractivity contribution in [3.63, 3.8) is 0 Å². The van der Waals surface area contributed by atoms with Gasteiger partial charge in [-0.2, -0.15) is 10.1 Å². The minimum Gasteiger partial charge on any atom is -0.504 e. The monoisotopic (exact) mass is 469 g/mol. The summed E-state index contributed by atoms with van der Waals surface area (Å²) in [6.07, 6.45) is 1.44. The summed E-state index contributed by atoms with van der Waals surface area (Å²) in [5.74, 6) is 1.05. The fraction of sp³-hybridized carbons (Fsp3) is 0.105. The van der Waals surface area contributed by atoms with Crippen LogP contribution in [0.5, 0.6) is 11.5 Å². The number of rotatable bonds is 7. The topological polar surface area (TPSA) is 131 Å². The number of methoxy groups -OCH3 is 1. The molecule has 4 aromatic rings. The average molecular weight is 470 g/mol. The number of hydrogen-bond donors (Lipinski definition) is 3. The van der Waals surface area contributed by atoms with E-state index < -0.39 is 0 Å². The molecule has 2 heterocycles. The SMILES string of the molecule is COc1cc(Br)cc(C=NNc2nc3nonc3nc2NCc2ccccc2)c1O. The second-order valence-corrected chi connectivity index (χ2v) is 7.00. The van der Waals surface area contributed by atoms with Crippen LogP contribution in [0.15, 0.2) is 56.7 Å². The molecular formula is C19H16BrN7O3. The van der Waals surface area contributed by atoms with Crippen LogP contribution in [0.25, 0.3) is 11.3 Å². The molecule has 0 spiro atoms. The third kappa shape index (κ3) is 4.30. The highest BCUT2D eigenvalue weighted by atomic mass is 79.9. The summed E-state index contributed by atoms with van der Waals surface area (Å²) in [5.41, 5.74) is 4.85. The van der Waals surface area contributed by atoms with E-state index in [2.05, 4.69) is 52.1 Å².